The summed E-state index contributed by atoms with van der Waals surface area (Å²) in [7, 11) is 0. The molecule has 2 aromatic heterocycles. The lowest BCUT2D eigenvalue weighted by Gasteiger charge is -2.23. The van der Waals surface area contributed by atoms with Crippen LogP contribution in [0.2, 0.25) is 0 Å². The normalized spacial score (nSPS) is 17.3. The van der Waals surface area contributed by atoms with Crippen molar-refractivity contribution in [3.8, 4) is 0 Å². The second-order valence-corrected chi connectivity index (χ2v) is 8.47. The molecule has 5 nitrogen and oxygen atoms in total. The maximum absolute atomic E-state index is 12.2. The van der Waals surface area contributed by atoms with Gasteiger partial charge >= 0.3 is 5.97 Å². The fraction of sp³-hybridized carbons (Fsp3) is 0.562. The molecule has 0 bridgehead atoms. The number of nitrogens with zero attached hydrogens (tertiary/aromatic N) is 1. The molecule has 0 aromatic carbocycles. The zero-order valence-corrected chi connectivity index (χ0v) is 14.9. The van der Waals surface area contributed by atoms with Crippen LogP contribution in [0.4, 0.5) is 0 Å². The van der Waals surface area contributed by atoms with E-state index in [4.69, 9.17) is 4.74 Å². The predicted molar refractivity (Wildman–Crippen MR) is 93.3 cm³/mol. The number of rotatable bonds is 4. The summed E-state index contributed by atoms with van der Waals surface area (Å²) in [5.74, 6) is -0.230. The van der Waals surface area contributed by atoms with Gasteiger partial charge < -0.3 is 9.72 Å². The molecule has 0 spiro atoms. The van der Waals surface area contributed by atoms with E-state index < -0.39 is 5.25 Å². The van der Waals surface area contributed by atoms with Crippen molar-refractivity contribution >= 4 is 39.3 Å². The Kier molecular flexibility index (Phi) is 5.06. The molecule has 23 heavy (non-hydrogen) atoms. The highest BCUT2D eigenvalue weighted by molar-refractivity contribution is 8.00. The van der Waals surface area contributed by atoms with E-state index in [0.29, 0.717) is 15.4 Å². The van der Waals surface area contributed by atoms with Gasteiger partial charge in [-0.25, -0.2) is 4.98 Å². The van der Waals surface area contributed by atoms with Crippen LogP contribution in [0.25, 0.3) is 10.2 Å². The highest BCUT2D eigenvalue weighted by Gasteiger charge is 2.23. The number of fused-ring (bicyclic) bond motifs is 1. The van der Waals surface area contributed by atoms with Crippen LogP contribution in [0.3, 0.4) is 0 Å². The van der Waals surface area contributed by atoms with Crippen LogP contribution < -0.4 is 5.56 Å². The second kappa shape index (κ2) is 7.05. The lowest BCUT2D eigenvalue weighted by Crippen LogP contribution is -2.26. The largest absolute Gasteiger partial charge is 0.462 e. The van der Waals surface area contributed by atoms with Gasteiger partial charge in [-0.05, 0) is 45.6 Å². The summed E-state index contributed by atoms with van der Waals surface area (Å²) in [6.45, 7) is 3.74. The van der Waals surface area contributed by atoms with Crippen LogP contribution in [0, 0.1) is 6.92 Å². The molecular weight excluding hydrogens is 332 g/mol. The van der Waals surface area contributed by atoms with Crippen molar-refractivity contribution in [2.45, 2.75) is 62.5 Å². The second-order valence-electron chi connectivity index (χ2n) is 5.90. The van der Waals surface area contributed by atoms with Gasteiger partial charge in [0.05, 0.1) is 5.39 Å². The first kappa shape index (κ1) is 16.5. The molecule has 1 fully saturated rings. The van der Waals surface area contributed by atoms with E-state index in [9.17, 15) is 9.59 Å². The number of hydrogen-bond donors (Lipinski definition) is 1. The van der Waals surface area contributed by atoms with Gasteiger partial charge in [-0.15, -0.1) is 11.3 Å². The third kappa shape index (κ3) is 3.95. The van der Waals surface area contributed by atoms with Crippen molar-refractivity contribution in [1.82, 2.24) is 9.97 Å². The third-order valence-corrected chi connectivity index (χ3v) is 5.87. The number of H-pyrrole nitrogens is 1. The summed E-state index contributed by atoms with van der Waals surface area (Å²) in [6, 6.07) is 1.83. The molecular formula is C16H20N2O3S2. The number of ether oxygens (including phenoxy) is 1. The minimum absolute atomic E-state index is 0.0498. The van der Waals surface area contributed by atoms with Crippen LogP contribution in [0.5, 0.6) is 0 Å². The lowest BCUT2D eigenvalue weighted by molar-refractivity contribution is -0.149. The quantitative estimate of drug-likeness (QED) is 0.516. The molecule has 1 saturated carbocycles. The Labute approximate surface area is 142 Å². The Hall–Kier alpha value is -1.34. The Morgan fingerprint density at radius 3 is 2.91 bits per heavy atom. The Balaban J connectivity index is 1.68. The van der Waals surface area contributed by atoms with Gasteiger partial charge in [0.2, 0.25) is 0 Å². The molecule has 2 heterocycles. The minimum atomic E-state index is -0.390. The average Bonchev–Trinajstić information content (AvgIpc) is 2.89. The zero-order valence-electron chi connectivity index (χ0n) is 13.3. The molecule has 7 heteroatoms. The van der Waals surface area contributed by atoms with Crippen LogP contribution in [-0.2, 0) is 9.53 Å². The first-order chi connectivity index (χ1) is 11.0. The average molecular weight is 352 g/mol. The number of nitrogens with one attached hydrogen (secondary N) is 1. The predicted octanol–water partition coefficient (Wildman–Crippen LogP) is 3.65. The van der Waals surface area contributed by atoms with Crippen molar-refractivity contribution in [2.24, 2.45) is 0 Å². The maximum Gasteiger partial charge on any atom is 0.319 e. The lowest BCUT2D eigenvalue weighted by atomic mass is 9.98. The Morgan fingerprint density at radius 2 is 2.17 bits per heavy atom. The smallest absolute Gasteiger partial charge is 0.319 e. The van der Waals surface area contributed by atoms with E-state index in [-0.39, 0.29) is 17.6 Å². The molecule has 3 rings (SSSR count). The van der Waals surface area contributed by atoms with E-state index >= 15 is 0 Å². The van der Waals surface area contributed by atoms with Crippen molar-refractivity contribution in [2.75, 3.05) is 0 Å². The van der Waals surface area contributed by atoms with E-state index in [1.807, 2.05) is 13.0 Å². The first-order valence-corrected chi connectivity index (χ1v) is 9.60. The fourth-order valence-corrected chi connectivity index (χ4v) is 4.47. The number of thioether (sulfide) groups is 1. The molecule has 2 aromatic rings. The van der Waals surface area contributed by atoms with Gasteiger partial charge in [-0.3, -0.25) is 9.59 Å². The molecule has 1 unspecified atom stereocenters. The maximum atomic E-state index is 12.2. The summed E-state index contributed by atoms with van der Waals surface area (Å²) in [4.78, 5) is 33.2. The summed E-state index contributed by atoms with van der Waals surface area (Å²) in [5, 5.41) is 0.685. The number of carbonyl (C=O) groups is 1. The third-order valence-electron chi connectivity index (χ3n) is 3.96. The summed E-state index contributed by atoms with van der Waals surface area (Å²) in [5.41, 5.74) is -0.158. The molecule has 0 saturated heterocycles. The molecule has 0 radical (unpaired) electrons. The minimum Gasteiger partial charge on any atom is -0.462 e. The monoisotopic (exact) mass is 352 g/mol. The molecule has 0 aliphatic heterocycles. The molecule has 1 aliphatic carbocycles. The van der Waals surface area contributed by atoms with Gasteiger partial charge in [0.15, 0.2) is 5.16 Å². The van der Waals surface area contributed by atoms with E-state index in [1.165, 1.54) is 29.5 Å². The molecule has 1 aliphatic rings. The van der Waals surface area contributed by atoms with Crippen molar-refractivity contribution in [3.63, 3.8) is 0 Å². The standard InChI is InChI=1S/C16H20N2O3S2/c1-9-8-12-13(19)17-16(18-14(12)22-9)23-10(2)15(20)21-11-6-4-3-5-7-11/h8,10-11H,3-7H2,1-2H3,(H,17,18,19). The first-order valence-electron chi connectivity index (χ1n) is 7.90. The Bertz CT molecular complexity index is 762. The topological polar surface area (TPSA) is 72.0 Å². The van der Waals surface area contributed by atoms with Crippen LogP contribution >= 0.6 is 23.1 Å². The highest BCUT2D eigenvalue weighted by Crippen LogP contribution is 2.26. The van der Waals surface area contributed by atoms with Crippen molar-refractivity contribution in [3.05, 3.63) is 21.3 Å². The van der Waals surface area contributed by atoms with Crippen molar-refractivity contribution in [1.29, 1.82) is 0 Å². The summed E-state index contributed by atoms with van der Waals surface area (Å²) >= 11 is 2.73. The summed E-state index contributed by atoms with van der Waals surface area (Å²) in [6.07, 6.45) is 5.45. The van der Waals surface area contributed by atoms with Crippen molar-refractivity contribution < 1.29 is 9.53 Å². The number of hydrogen-bond acceptors (Lipinski definition) is 6. The van der Waals surface area contributed by atoms with E-state index in [0.717, 1.165) is 30.6 Å². The van der Waals surface area contributed by atoms with Crippen LogP contribution in [0.15, 0.2) is 16.0 Å². The number of aryl methyl sites for hydroxylation is 1. The van der Waals surface area contributed by atoms with E-state index in [2.05, 4.69) is 9.97 Å². The molecule has 0 amide bonds. The highest BCUT2D eigenvalue weighted by atomic mass is 32.2. The Morgan fingerprint density at radius 1 is 1.43 bits per heavy atom. The zero-order chi connectivity index (χ0) is 16.4. The SMILES string of the molecule is Cc1cc2c(=O)[nH]c(SC(C)C(=O)OC3CCCCC3)nc2s1. The van der Waals surface area contributed by atoms with Gasteiger partial charge in [0.1, 0.15) is 16.2 Å². The van der Waals surface area contributed by atoms with Gasteiger partial charge in [-0.1, -0.05) is 18.2 Å². The van der Waals surface area contributed by atoms with Crippen LogP contribution in [0.1, 0.15) is 43.9 Å². The fourth-order valence-electron chi connectivity index (χ4n) is 2.75. The van der Waals surface area contributed by atoms with Gasteiger partial charge in [0.25, 0.3) is 5.56 Å². The number of thiophene rings is 1. The van der Waals surface area contributed by atoms with Gasteiger partial charge in [-0.2, -0.15) is 0 Å². The van der Waals surface area contributed by atoms with E-state index in [1.54, 1.807) is 6.92 Å². The molecule has 124 valence electrons. The van der Waals surface area contributed by atoms with Gasteiger partial charge in [0, 0.05) is 4.88 Å². The summed E-state index contributed by atoms with van der Waals surface area (Å²) < 4.78 is 5.57. The number of esters is 1. The number of aromatic amines is 1. The number of carbonyl (C=O) groups excluding carboxylic acids is 1. The number of aromatic nitrogens is 2. The molecule has 1 atom stereocenters. The van der Waals surface area contributed by atoms with Crippen LogP contribution in [-0.4, -0.2) is 27.3 Å². The molecule has 1 N–H and O–H groups in total.